The highest BCUT2D eigenvalue weighted by Gasteiger charge is 2.71. The van der Waals surface area contributed by atoms with Gasteiger partial charge in [-0.15, -0.1) is 0 Å². The number of hydrogen-bond acceptors (Lipinski definition) is 5. The standard InChI is InChI=1S/C30H48O6/c1-25(2)10-12-29(24(35)36)13-11-27(4)18(19(29)14-25)6-7-22-28(27,5)9-8-21-26(3,16-31)23(34)20(33)15-30(21,22)17-32/h6,19-23,31-34H,7-17H2,1-5H3,(H,35,36). The second-order valence-electron chi connectivity index (χ2n) is 14.9. The molecule has 6 heteroatoms. The van der Waals surface area contributed by atoms with E-state index >= 15 is 0 Å². The molecule has 10 unspecified atom stereocenters. The molecule has 0 bridgehead atoms. The van der Waals surface area contributed by atoms with Gasteiger partial charge in [0.1, 0.15) is 0 Å². The topological polar surface area (TPSA) is 118 Å². The summed E-state index contributed by atoms with van der Waals surface area (Å²) in [4.78, 5) is 12.8. The highest BCUT2D eigenvalue weighted by molar-refractivity contribution is 5.76. The van der Waals surface area contributed by atoms with Crippen molar-refractivity contribution < 1.29 is 30.3 Å². The van der Waals surface area contributed by atoms with E-state index in [0.717, 1.165) is 44.9 Å². The van der Waals surface area contributed by atoms with E-state index in [9.17, 15) is 30.3 Å². The van der Waals surface area contributed by atoms with E-state index in [1.165, 1.54) is 5.57 Å². The molecule has 4 saturated carbocycles. The Morgan fingerprint density at radius 1 is 0.917 bits per heavy atom. The third-order valence-electron chi connectivity index (χ3n) is 13.2. The van der Waals surface area contributed by atoms with Gasteiger partial charge in [0, 0.05) is 17.4 Å². The third kappa shape index (κ3) is 3.08. The number of hydrogen-bond donors (Lipinski definition) is 5. The third-order valence-corrected chi connectivity index (χ3v) is 13.2. The number of carbonyl (C=O) groups is 1. The molecule has 0 aromatic heterocycles. The minimum atomic E-state index is -1.02. The van der Waals surface area contributed by atoms with Crippen molar-refractivity contribution in [2.75, 3.05) is 13.2 Å². The summed E-state index contributed by atoms with van der Waals surface area (Å²) in [5.74, 6) is -0.619. The Kier molecular flexibility index (Phi) is 5.95. The zero-order valence-electron chi connectivity index (χ0n) is 22.9. The molecular formula is C30H48O6. The van der Waals surface area contributed by atoms with E-state index in [4.69, 9.17) is 0 Å². The lowest BCUT2D eigenvalue weighted by Gasteiger charge is -2.71. The number of rotatable bonds is 3. The summed E-state index contributed by atoms with van der Waals surface area (Å²) in [6, 6.07) is 0. The Bertz CT molecular complexity index is 959. The van der Waals surface area contributed by atoms with Gasteiger partial charge in [0.25, 0.3) is 0 Å². The zero-order valence-corrected chi connectivity index (χ0v) is 22.9. The Hall–Kier alpha value is -0.950. The number of allylic oxidation sites excluding steroid dienone is 2. The first kappa shape index (κ1) is 26.6. The van der Waals surface area contributed by atoms with E-state index < -0.39 is 34.4 Å². The van der Waals surface area contributed by atoms with Gasteiger partial charge in [-0.05, 0) is 91.8 Å². The maximum Gasteiger partial charge on any atom is 0.310 e. The molecule has 10 atom stereocenters. The molecule has 5 aliphatic carbocycles. The Morgan fingerprint density at radius 3 is 2.19 bits per heavy atom. The maximum atomic E-state index is 12.8. The van der Waals surface area contributed by atoms with Crippen LogP contribution in [0.5, 0.6) is 0 Å². The molecule has 0 saturated heterocycles. The minimum Gasteiger partial charge on any atom is -0.481 e. The van der Waals surface area contributed by atoms with Crippen molar-refractivity contribution in [1.29, 1.82) is 0 Å². The molecular weight excluding hydrogens is 456 g/mol. The van der Waals surface area contributed by atoms with E-state index in [1.807, 2.05) is 6.92 Å². The number of aliphatic hydroxyl groups excluding tert-OH is 4. The highest BCUT2D eigenvalue weighted by Crippen LogP contribution is 2.75. The van der Waals surface area contributed by atoms with Crippen LogP contribution in [0.4, 0.5) is 0 Å². The van der Waals surface area contributed by atoms with Crippen LogP contribution in [0.3, 0.4) is 0 Å². The number of aliphatic carboxylic acids is 1. The molecule has 5 rings (SSSR count). The molecule has 0 aromatic carbocycles. The fraction of sp³-hybridized carbons (Fsp3) is 0.900. The number of carboxylic acid groups (broad SMARTS) is 1. The van der Waals surface area contributed by atoms with Crippen LogP contribution in [0.2, 0.25) is 0 Å². The Balaban J connectivity index is 1.63. The lowest BCUT2D eigenvalue weighted by Crippen LogP contribution is -2.69. The average Bonchev–Trinajstić information content (AvgIpc) is 2.82. The molecule has 5 aliphatic rings. The molecule has 36 heavy (non-hydrogen) atoms. The quantitative estimate of drug-likeness (QED) is 0.369. The molecule has 0 radical (unpaired) electrons. The fourth-order valence-corrected chi connectivity index (χ4v) is 10.7. The van der Waals surface area contributed by atoms with E-state index in [2.05, 4.69) is 33.8 Å². The van der Waals surface area contributed by atoms with Gasteiger partial charge in [0.2, 0.25) is 0 Å². The molecule has 6 nitrogen and oxygen atoms in total. The largest absolute Gasteiger partial charge is 0.481 e. The lowest BCUT2D eigenvalue weighted by atomic mass is 9.33. The van der Waals surface area contributed by atoms with Gasteiger partial charge >= 0.3 is 5.97 Å². The number of carboxylic acids is 1. The van der Waals surface area contributed by atoms with Gasteiger partial charge in [-0.1, -0.05) is 46.3 Å². The van der Waals surface area contributed by atoms with Crippen LogP contribution in [0, 0.1) is 50.2 Å². The van der Waals surface area contributed by atoms with Crippen molar-refractivity contribution in [3.63, 3.8) is 0 Å². The van der Waals surface area contributed by atoms with Crippen LogP contribution in [-0.2, 0) is 4.79 Å². The molecule has 0 heterocycles. The minimum absolute atomic E-state index is 0.0274. The Morgan fingerprint density at radius 2 is 1.58 bits per heavy atom. The van der Waals surface area contributed by atoms with Crippen molar-refractivity contribution in [2.24, 2.45) is 50.2 Å². The van der Waals surface area contributed by atoms with Gasteiger partial charge in [0.05, 0.1) is 24.2 Å². The van der Waals surface area contributed by atoms with Gasteiger partial charge in [-0.3, -0.25) is 4.79 Å². The molecule has 0 amide bonds. The second-order valence-corrected chi connectivity index (χ2v) is 14.9. The Labute approximate surface area is 216 Å². The van der Waals surface area contributed by atoms with E-state index in [-0.39, 0.29) is 47.2 Å². The SMILES string of the molecule is CC1(C)CCC2(C(=O)O)CCC3(C)C(=CCC4C5(CO)CC(O)C(O)C(C)(CO)C5CCC43C)C2C1. The fourth-order valence-electron chi connectivity index (χ4n) is 10.7. The van der Waals surface area contributed by atoms with Crippen molar-refractivity contribution >= 4 is 5.97 Å². The molecule has 5 N–H and O–H groups in total. The predicted molar refractivity (Wildman–Crippen MR) is 137 cm³/mol. The van der Waals surface area contributed by atoms with Crippen molar-refractivity contribution in [1.82, 2.24) is 0 Å². The summed E-state index contributed by atoms with van der Waals surface area (Å²) in [5.41, 5.74) is -1.06. The monoisotopic (exact) mass is 504 g/mol. The first-order chi connectivity index (χ1) is 16.7. The smallest absolute Gasteiger partial charge is 0.310 e. The van der Waals surface area contributed by atoms with Crippen LogP contribution in [0.25, 0.3) is 0 Å². The van der Waals surface area contributed by atoms with Gasteiger partial charge in [0.15, 0.2) is 0 Å². The highest BCUT2D eigenvalue weighted by atomic mass is 16.4. The van der Waals surface area contributed by atoms with Crippen molar-refractivity contribution in [3.05, 3.63) is 11.6 Å². The van der Waals surface area contributed by atoms with Gasteiger partial charge in [-0.25, -0.2) is 0 Å². The van der Waals surface area contributed by atoms with Gasteiger partial charge in [-0.2, -0.15) is 0 Å². The summed E-state index contributed by atoms with van der Waals surface area (Å²) in [5, 5.41) is 53.9. The summed E-state index contributed by atoms with van der Waals surface area (Å²) in [7, 11) is 0. The second kappa shape index (κ2) is 8.03. The van der Waals surface area contributed by atoms with Crippen LogP contribution in [0.15, 0.2) is 11.6 Å². The first-order valence-electron chi connectivity index (χ1n) is 14.2. The molecule has 0 aliphatic heterocycles. The van der Waals surface area contributed by atoms with Crippen molar-refractivity contribution in [2.45, 2.75) is 105 Å². The van der Waals surface area contributed by atoms with Crippen LogP contribution in [-0.4, -0.2) is 56.9 Å². The average molecular weight is 505 g/mol. The summed E-state index contributed by atoms with van der Waals surface area (Å²) in [6.45, 7) is 10.8. The summed E-state index contributed by atoms with van der Waals surface area (Å²) >= 11 is 0. The van der Waals surface area contributed by atoms with Crippen LogP contribution >= 0.6 is 0 Å². The van der Waals surface area contributed by atoms with E-state index in [0.29, 0.717) is 12.8 Å². The normalized spacial score (nSPS) is 53.8. The number of fused-ring (bicyclic) bond motifs is 7. The van der Waals surface area contributed by atoms with Crippen LogP contribution < -0.4 is 0 Å². The summed E-state index contributed by atoms with van der Waals surface area (Å²) < 4.78 is 0. The number of aliphatic hydroxyl groups is 4. The zero-order chi connectivity index (χ0) is 26.5. The van der Waals surface area contributed by atoms with Crippen molar-refractivity contribution in [3.8, 4) is 0 Å². The lowest BCUT2D eigenvalue weighted by molar-refractivity contribution is -0.258. The molecule has 204 valence electrons. The summed E-state index contributed by atoms with van der Waals surface area (Å²) in [6.07, 6.45) is 7.16. The first-order valence-corrected chi connectivity index (χ1v) is 14.2. The molecule has 0 aromatic rings. The van der Waals surface area contributed by atoms with Gasteiger partial charge < -0.3 is 25.5 Å². The molecule has 4 fully saturated rings. The van der Waals surface area contributed by atoms with E-state index in [1.54, 1.807) is 0 Å². The maximum absolute atomic E-state index is 12.8. The molecule has 0 spiro atoms. The van der Waals surface area contributed by atoms with Crippen LogP contribution in [0.1, 0.15) is 92.4 Å². The predicted octanol–water partition coefficient (Wildman–Crippen LogP) is 4.15.